The van der Waals surface area contributed by atoms with Gasteiger partial charge in [0.1, 0.15) is 6.29 Å². The Morgan fingerprint density at radius 2 is 1.75 bits per heavy atom. The van der Waals surface area contributed by atoms with Crippen LogP contribution in [-0.2, 0) is 9.53 Å². The maximum absolute atomic E-state index is 10.4. The molecule has 68 valence electrons. The topological polar surface area (TPSA) is 26.3 Å². The molecule has 2 nitrogen and oxygen atoms in total. The lowest BCUT2D eigenvalue weighted by atomic mass is 9.67. The Balaban J connectivity index is 1.75. The summed E-state index contributed by atoms with van der Waals surface area (Å²) < 4.78 is 5.30. The smallest absolute Gasteiger partial charge is 0.123 e. The van der Waals surface area contributed by atoms with Crippen LogP contribution in [0, 0.1) is 17.8 Å². The van der Waals surface area contributed by atoms with Gasteiger partial charge in [-0.3, -0.25) is 0 Å². The number of hydrogen-bond donors (Lipinski definition) is 0. The van der Waals surface area contributed by atoms with Gasteiger partial charge in [0, 0.05) is 19.1 Å². The van der Waals surface area contributed by atoms with Crippen LogP contribution in [0.5, 0.6) is 0 Å². The minimum absolute atomic E-state index is 0.387. The fourth-order valence-electron chi connectivity index (χ4n) is 2.39. The third-order valence-corrected chi connectivity index (χ3v) is 3.34. The second kappa shape index (κ2) is 3.56. The van der Waals surface area contributed by atoms with Crippen molar-refractivity contribution in [3.63, 3.8) is 0 Å². The quantitative estimate of drug-likeness (QED) is 0.586. The van der Waals surface area contributed by atoms with Gasteiger partial charge in [0.05, 0.1) is 0 Å². The van der Waals surface area contributed by atoms with Crippen molar-refractivity contribution in [3.8, 4) is 0 Å². The van der Waals surface area contributed by atoms with E-state index in [1.54, 1.807) is 0 Å². The molecule has 0 aromatic heterocycles. The molecule has 1 aliphatic carbocycles. The first kappa shape index (κ1) is 8.24. The van der Waals surface area contributed by atoms with Gasteiger partial charge in [-0.05, 0) is 37.5 Å². The highest BCUT2D eigenvalue weighted by molar-refractivity contribution is 5.55. The van der Waals surface area contributed by atoms with Gasteiger partial charge in [-0.1, -0.05) is 0 Å². The SMILES string of the molecule is O=CC1CC(C2CCOCC2)C1. The van der Waals surface area contributed by atoms with E-state index >= 15 is 0 Å². The molecule has 2 fully saturated rings. The summed E-state index contributed by atoms with van der Waals surface area (Å²) in [6.45, 7) is 1.87. The van der Waals surface area contributed by atoms with Crippen molar-refractivity contribution in [2.75, 3.05) is 13.2 Å². The number of ether oxygens (including phenoxy) is 1. The third kappa shape index (κ3) is 1.53. The molecule has 1 saturated heterocycles. The van der Waals surface area contributed by atoms with Crippen LogP contribution >= 0.6 is 0 Å². The lowest BCUT2D eigenvalue weighted by Gasteiger charge is -2.39. The number of rotatable bonds is 2. The molecule has 2 aliphatic rings. The summed E-state index contributed by atoms with van der Waals surface area (Å²) in [7, 11) is 0. The Labute approximate surface area is 73.3 Å². The Bertz CT molecular complexity index is 155. The van der Waals surface area contributed by atoms with Crippen molar-refractivity contribution in [2.45, 2.75) is 25.7 Å². The van der Waals surface area contributed by atoms with Gasteiger partial charge in [0.2, 0.25) is 0 Å². The molecule has 1 saturated carbocycles. The number of aldehydes is 1. The number of hydrogen-bond acceptors (Lipinski definition) is 2. The van der Waals surface area contributed by atoms with E-state index < -0.39 is 0 Å². The van der Waals surface area contributed by atoms with Crippen LogP contribution in [0.3, 0.4) is 0 Å². The maximum atomic E-state index is 10.4. The lowest BCUT2D eigenvalue weighted by Crippen LogP contribution is -2.34. The molecular formula is C10H16O2. The highest BCUT2D eigenvalue weighted by atomic mass is 16.5. The average molecular weight is 168 g/mol. The molecule has 2 rings (SSSR count). The van der Waals surface area contributed by atoms with Crippen LogP contribution in [0.4, 0.5) is 0 Å². The van der Waals surface area contributed by atoms with E-state index in [2.05, 4.69) is 0 Å². The molecule has 0 N–H and O–H groups in total. The first-order chi connectivity index (χ1) is 5.90. The van der Waals surface area contributed by atoms with Crippen molar-refractivity contribution in [1.82, 2.24) is 0 Å². The Morgan fingerprint density at radius 3 is 2.33 bits per heavy atom. The van der Waals surface area contributed by atoms with Crippen molar-refractivity contribution in [2.24, 2.45) is 17.8 Å². The molecule has 0 radical (unpaired) electrons. The van der Waals surface area contributed by atoms with E-state index in [-0.39, 0.29) is 0 Å². The highest BCUT2D eigenvalue weighted by Crippen LogP contribution is 2.41. The Morgan fingerprint density at radius 1 is 1.08 bits per heavy atom. The van der Waals surface area contributed by atoms with E-state index in [0.717, 1.165) is 44.2 Å². The fraction of sp³-hybridized carbons (Fsp3) is 0.900. The molecule has 1 aliphatic heterocycles. The Hall–Kier alpha value is -0.370. The van der Waals surface area contributed by atoms with Gasteiger partial charge in [0.15, 0.2) is 0 Å². The summed E-state index contributed by atoms with van der Waals surface area (Å²) in [6.07, 6.45) is 5.85. The van der Waals surface area contributed by atoms with Gasteiger partial charge >= 0.3 is 0 Å². The first-order valence-corrected chi connectivity index (χ1v) is 4.93. The second-order valence-corrected chi connectivity index (χ2v) is 4.08. The van der Waals surface area contributed by atoms with E-state index in [1.165, 1.54) is 12.8 Å². The summed E-state index contributed by atoms with van der Waals surface area (Å²) in [5, 5.41) is 0. The third-order valence-electron chi connectivity index (χ3n) is 3.34. The predicted molar refractivity (Wildman–Crippen MR) is 45.8 cm³/mol. The maximum Gasteiger partial charge on any atom is 0.123 e. The van der Waals surface area contributed by atoms with Crippen molar-refractivity contribution in [3.05, 3.63) is 0 Å². The zero-order valence-corrected chi connectivity index (χ0v) is 7.37. The van der Waals surface area contributed by atoms with E-state index in [4.69, 9.17) is 4.74 Å². The minimum Gasteiger partial charge on any atom is -0.381 e. The van der Waals surface area contributed by atoms with Gasteiger partial charge in [-0.2, -0.15) is 0 Å². The van der Waals surface area contributed by atoms with Crippen molar-refractivity contribution >= 4 is 6.29 Å². The molecule has 0 aromatic rings. The van der Waals surface area contributed by atoms with Gasteiger partial charge in [0.25, 0.3) is 0 Å². The first-order valence-electron chi connectivity index (χ1n) is 4.93. The molecule has 2 heteroatoms. The van der Waals surface area contributed by atoms with Crippen LogP contribution in [0.2, 0.25) is 0 Å². The fourth-order valence-corrected chi connectivity index (χ4v) is 2.39. The molecule has 0 atom stereocenters. The molecule has 1 heterocycles. The number of carbonyl (C=O) groups is 1. The Kier molecular flexibility index (Phi) is 2.45. The molecule has 0 amide bonds. The van der Waals surface area contributed by atoms with Crippen LogP contribution in [-0.4, -0.2) is 19.5 Å². The molecule has 0 bridgehead atoms. The minimum atomic E-state index is 0.387. The average Bonchev–Trinajstić information content (AvgIpc) is 2.04. The summed E-state index contributed by atoms with van der Waals surface area (Å²) in [5.74, 6) is 2.08. The number of carbonyl (C=O) groups excluding carboxylic acids is 1. The highest BCUT2D eigenvalue weighted by Gasteiger charge is 2.35. The lowest BCUT2D eigenvalue weighted by molar-refractivity contribution is -0.116. The van der Waals surface area contributed by atoms with Gasteiger partial charge in [-0.15, -0.1) is 0 Å². The summed E-state index contributed by atoms with van der Waals surface area (Å²) >= 11 is 0. The van der Waals surface area contributed by atoms with Crippen LogP contribution in [0.15, 0.2) is 0 Å². The van der Waals surface area contributed by atoms with E-state index in [0.29, 0.717) is 5.92 Å². The molecule has 0 unspecified atom stereocenters. The second-order valence-electron chi connectivity index (χ2n) is 4.08. The van der Waals surface area contributed by atoms with E-state index in [9.17, 15) is 4.79 Å². The molecular weight excluding hydrogens is 152 g/mol. The van der Waals surface area contributed by atoms with Crippen LogP contribution < -0.4 is 0 Å². The van der Waals surface area contributed by atoms with Gasteiger partial charge in [-0.25, -0.2) is 0 Å². The largest absolute Gasteiger partial charge is 0.381 e. The predicted octanol–water partition coefficient (Wildman–Crippen LogP) is 1.64. The van der Waals surface area contributed by atoms with Crippen molar-refractivity contribution in [1.29, 1.82) is 0 Å². The van der Waals surface area contributed by atoms with Crippen LogP contribution in [0.1, 0.15) is 25.7 Å². The van der Waals surface area contributed by atoms with Crippen LogP contribution in [0.25, 0.3) is 0 Å². The van der Waals surface area contributed by atoms with Crippen molar-refractivity contribution < 1.29 is 9.53 Å². The summed E-state index contributed by atoms with van der Waals surface area (Å²) in [5.41, 5.74) is 0. The monoisotopic (exact) mass is 168 g/mol. The summed E-state index contributed by atoms with van der Waals surface area (Å²) in [4.78, 5) is 10.4. The van der Waals surface area contributed by atoms with Gasteiger partial charge < -0.3 is 9.53 Å². The zero-order chi connectivity index (χ0) is 8.39. The molecule has 0 spiro atoms. The molecule has 12 heavy (non-hydrogen) atoms. The molecule has 0 aromatic carbocycles. The summed E-state index contributed by atoms with van der Waals surface area (Å²) in [6, 6.07) is 0. The normalized spacial score (nSPS) is 37.3. The zero-order valence-electron chi connectivity index (χ0n) is 7.37. The van der Waals surface area contributed by atoms with E-state index in [1.807, 2.05) is 0 Å². The standard InChI is InChI=1S/C10H16O2/c11-7-8-5-10(6-8)9-1-3-12-4-2-9/h7-10H,1-6H2.